The summed E-state index contributed by atoms with van der Waals surface area (Å²) in [5.41, 5.74) is 0.0551. The molecule has 1 fully saturated rings. The molecule has 1 N–H and O–H groups in total. The topological polar surface area (TPSA) is 55.4 Å². The molecule has 2 aromatic rings. The summed E-state index contributed by atoms with van der Waals surface area (Å²) in [5, 5.41) is 2.83. The van der Waals surface area contributed by atoms with Crippen molar-refractivity contribution in [3.8, 4) is 0 Å². The zero-order chi connectivity index (χ0) is 25.1. The molecule has 1 saturated heterocycles. The minimum absolute atomic E-state index is 0.0437. The van der Waals surface area contributed by atoms with Crippen LogP contribution in [-0.4, -0.2) is 23.9 Å². The fourth-order valence-corrected chi connectivity index (χ4v) is 4.89. The minimum atomic E-state index is -4.48. The Balaban J connectivity index is 1.92. The highest BCUT2D eigenvalue weighted by Gasteiger charge is 2.44. The third-order valence-corrected chi connectivity index (χ3v) is 6.57. The number of Topliss-reactive ketones (excluding diaryl/α,β-unsaturated/α-hetero) is 1. The van der Waals surface area contributed by atoms with Gasteiger partial charge in [-0.2, -0.15) is 13.2 Å². The second-order valence-corrected chi connectivity index (χ2v) is 9.78. The average molecular weight is 476 g/mol. The highest BCUT2D eigenvalue weighted by atomic mass is 19.4. The monoisotopic (exact) mass is 475 g/mol. The Morgan fingerprint density at radius 3 is 2.35 bits per heavy atom. The molecule has 0 saturated carbocycles. The van der Waals surface area contributed by atoms with Gasteiger partial charge in [0.2, 0.25) is 5.91 Å². The predicted molar refractivity (Wildman–Crippen MR) is 124 cm³/mol. The number of ketones is 1. The number of ether oxygens (including phenoxy) is 1. The van der Waals surface area contributed by atoms with E-state index in [4.69, 9.17) is 4.74 Å². The first-order chi connectivity index (χ1) is 15.8. The molecule has 0 bridgehead atoms. The second kappa shape index (κ2) is 9.90. The summed E-state index contributed by atoms with van der Waals surface area (Å²) in [6.45, 7) is 7.52. The van der Waals surface area contributed by atoms with Gasteiger partial charge in [0.05, 0.1) is 11.2 Å². The third-order valence-electron chi connectivity index (χ3n) is 6.57. The Bertz CT molecular complexity index is 1030. The third kappa shape index (κ3) is 6.06. The molecule has 1 heterocycles. The summed E-state index contributed by atoms with van der Waals surface area (Å²) < 4.78 is 46.1. The lowest BCUT2D eigenvalue weighted by atomic mass is 9.67. The van der Waals surface area contributed by atoms with E-state index in [0.717, 1.165) is 24.1 Å². The molecule has 1 aliphatic heterocycles. The summed E-state index contributed by atoms with van der Waals surface area (Å²) in [7, 11) is 0. The van der Waals surface area contributed by atoms with Gasteiger partial charge in [0.25, 0.3) is 0 Å². The van der Waals surface area contributed by atoms with Crippen LogP contribution in [0.3, 0.4) is 0 Å². The summed E-state index contributed by atoms with van der Waals surface area (Å²) in [5.74, 6) is -0.590. The van der Waals surface area contributed by atoms with Crippen LogP contribution < -0.4 is 5.32 Å². The molecule has 7 heteroatoms. The van der Waals surface area contributed by atoms with Gasteiger partial charge in [-0.25, -0.2) is 0 Å². The highest BCUT2D eigenvalue weighted by molar-refractivity contribution is 5.89. The highest BCUT2D eigenvalue weighted by Crippen LogP contribution is 2.45. The van der Waals surface area contributed by atoms with Crippen molar-refractivity contribution in [2.24, 2.45) is 0 Å². The van der Waals surface area contributed by atoms with E-state index in [0.29, 0.717) is 30.6 Å². The lowest BCUT2D eigenvalue weighted by Gasteiger charge is -2.45. The van der Waals surface area contributed by atoms with Crippen molar-refractivity contribution in [1.29, 1.82) is 0 Å². The molecule has 2 atom stereocenters. The molecule has 1 amide bonds. The first-order valence-electron chi connectivity index (χ1n) is 11.6. The van der Waals surface area contributed by atoms with E-state index in [2.05, 4.69) is 5.32 Å². The predicted octanol–water partition coefficient (Wildman–Crippen LogP) is 5.93. The van der Waals surface area contributed by atoms with Crippen LogP contribution in [0.15, 0.2) is 48.5 Å². The Morgan fingerprint density at radius 1 is 1.12 bits per heavy atom. The van der Waals surface area contributed by atoms with E-state index < -0.39 is 28.8 Å². The zero-order valence-electron chi connectivity index (χ0n) is 20.1. The van der Waals surface area contributed by atoms with Gasteiger partial charge < -0.3 is 10.1 Å². The fraction of sp³-hybridized carbons (Fsp3) is 0.481. The number of rotatable bonds is 7. The van der Waals surface area contributed by atoms with Crippen LogP contribution in [0.2, 0.25) is 0 Å². The molecule has 0 spiro atoms. The molecule has 34 heavy (non-hydrogen) atoms. The number of amides is 1. The summed E-state index contributed by atoms with van der Waals surface area (Å²) in [6.07, 6.45) is -2.89. The number of carbonyl (C=O) groups is 2. The molecular formula is C27H32F3NO3. The molecule has 184 valence electrons. The van der Waals surface area contributed by atoms with Gasteiger partial charge in [-0.05, 0) is 62.8 Å². The molecule has 4 nitrogen and oxygen atoms in total. The number of benzene rings is 2. The van der Waals surface area contributed by atoms with E-state index in [1.54, 1.807) is 6.07 Å². The standard InChI is InChI=1S/C27H32F3NO3/c1-5-19-9-11-20(12-10-19)24(18(2)32)31-23(33)16-26(13-14-34-25(3,4)17-26)21-7-6-8-22(15-21)27(28,29)30/h6-12,15,24H,5,13-14,16-17H2,1-4H3,(H,31,33). The lowest BCUT2D eigenvalue weighted by Crippen LogP contribution is -2.47. The number of halogens is 3. The normalized spacial score (nSPS) is 21.0. The van der Waals surface area contributed by atoms with Crippen molar-refractivity contribution in [3.05, 3.63) is 70.8 Å². The molecule has 0 aromatic heterocycles. The largest absolute Gasteiger partial charge is 0.416 e. The quantitative estimate of drug-likeness (QED) is 0.540. The van der Waals surface area contributed by atoms with Crippen LogP contribution in [0.5, 0.6) is 0 Å². The first kappa shape index (κ1) is 25.9. The van der Waals surface area contributed by atoms with E-state index in [9.17, 15) is 22.8 Å². The van der Waals surface area contributed by atoms with Crippen LogP contribution >= 0.6 is 0 Å². The minimum Gasteiger partial charge on any atom is -0.376 e. The maximum atomic E-state index is 13.4. The van der Waals surface area contributed by atoms with Crippen molar-refractivity contribution >= 4 is 11.7 Å². The molecular weight excluding hydrogens is 443 g/mol. The summed E-state index contributed by atoms with van der Waals surface area (Å²) >= 11 is 0. The van der Waals surface area contributed by atoms with E-state index in [1.807, 2.05) is 45.0 Å². The van der Waals surface area contributed by atoms with E-state index in [-0.39, 0.29) is 18.1 Å². The Labute approximate surface area is 198 Å². The summed E-state index contributed by atoms with van der Waals surface area (Å²) in [6, 6.07) is 11.9. The number of hydrogen-bond donors (Lipinski definition) is 1. The summed E-state index contributed by atoms with van der Waals surface area (Å²) in [4.78, 5) is 25.6. The number of hydrogen-bond acceptors (Lipinski definition) is 3. The van der Waals surface area contributed by atoms with Crippen LogP contribution in [0.4, 0.5) is 13.2 Å². The molecule has 0 aliphatic carbocycles. The fourth-order valence-electron chi connectivity index (χ4n) is 4.89. The molecule has 2 unspecified atom stereocenters. The van der Waals surface area contributed by atoms with Crippen LogP contribution in [0.1, 0.15) is 75.3 Å². The molecule has 1 aliphatic rings. The van der Waals surface area contributed by atoms with Gasteiger partial charge in [0.1, 0.15) is 6.04 Å². The molecule has 0 radical (unpaired) electrons. The maximum absolute atomic E-state index is 13.4. The Hall–Kier alpha value is -2.67. The van der Waals surface area contributed by atoms with Crippen molar-refractivity contribution < 1.29 is 27.5 Å². The van der Waals surface area contributed by atoms with Gasteiger partial charge in [-0.15, -0.1) is 0 Å². The van der Waals surface area contributed by atoms with Crippen LogP contribution in [-0.2, 0) is 32.3 Å². The molecule has 3 rings (SSSR count). The molecule has 2 aromatic carbocycles. The van der Waals surface area contributed by atoms with Gasteiger partial charge >= 0.3 is 6.18 Å². The lowest BCUT2D eigenvalue weighted by molar-refractivity contribution is -0.137. The Morgan fingerprint density at radius 2 is 1.79 bits per heavy atom. The smallest absolute Gasteiger partial charge is 0.376 e. The van der Waals surface area contributed by atoms with Gasteiger partial charge in [-0.3, -0.25) is 9.59 Å². The van der Waals surface area contributed by atoms with Crippen molar-refractivity contribution in [2.45, 2.75) is 76.6 Å². The van der Waals surface area contributed by atoms with Crippen molar-refractivity contribution in [1.82, 2.24) is 5.32 Å². The number of carbonyl (C=O) groups excluding carboxylic acids is 2. The Kier molecular flexibility index (Phi) is 7.56. The number of aryl methyl sites for hydroxylation is 1. The zero-order valence-corrected chi connectivity index (χ0v) is 20.1. The van der Waals surface area contributed by atoms with E-state index >= 15 is 0 Å². The van der Waals surface area contributed by atoms with Crippen molar-refractivity contribution in [2.75, 3.05) is 6.61 Å². The van der Waals surface area contributed by atoms with E-state index in [1.165, 1.54) is 13.0 Å². The second-order valence-electron chi connectivity index (χ2n) is 9.78. The van der Waals surface area contributed by atoms with Crippen LogP contribution in [0.25, 0.3) is 0 Å². The SMILES string of the molecule is CCc1ccc(C(NC(=O)CC2(c3cccc(C(F)(F)F)c3)CCOC(C)(C)C2)C(C)=O)cc1. The van der Waals surface area contributed by atoms with Crippen LogP contribution in [0, 0.1) is 0 Å². The van der Waals surface area contributed by atoms with Gasteiger partial charge in [0.15, 0.2) is 5.78 Å². The average Bonchev–Trinajstić information content (AvgIpc) is 2.76. The first-order valence-corrected chi connectivity index (χ1v) is 11.6. The number of nitrogens with one attached hydrogen (secondary N) is 1. The maximum Gasteiger partial charge on any atom is 0.416 e. The van der Waals surface area contributed by atoms with Gasteiger partial charge in [0, 0.05) is 18.4 Å². The van der Waals surface area contributed by atoms with Crippen molar-refractivity contribution in [3.63, 3.8) is 0 Å². The van der Waals surface area contributed by atoms with Gasteiger partial charge in [-0.1, -0.05) is 49.4 Å². The number of alkyl halides is 3.